The van der Waals surface area contributed by atoms with Crippen molar-refractivity contribution in [2.45, 2.75) is 33.2 Å². The number of hydrogen-bond acceptors (Lipinski definition) is 1. The second-order valence-electron chi connectivity index (χ2n) is 5.08. The van der Waals surface area contributed by atoms with Crippen LogP contribution in [0.3, 0.4) is 0 Å². The summed E-state index contributed by atoms with van der Waals surface area (Å²) in [6.07, 6.45) is 4.49. The van der Waals surface area contributed by atoms with Gasteiger partial charge in [-0.1, -0.05) is 26.7 Å². The van der Waals surface area contributed by atoms with Gasteiger partial charge in [-0.25, -0.2) is 0 Å². The average Bonchev–Trinajstić information content (AvgIpc) is 2.80. The molecule has 0 aliphatic heterocycles. The molecule has 0 fully saturated rings. The Morgan fingerprint density at radius 2 is 2.05 bits per heavy atom. The van der Waals surface area contributed by atoms with E-state index in [9.17, 15) is 0 Å². The van der Waals surface area contributed by atoms with Gasteiger partial charge in [-0.2, -0.15) is 0 Å². The Morgan fingerprint density at radius 3 is 2.50 bits per heavy atom. The molecule has 0 bridgehead atoms. The van der Waals surface area contributed by atoms with E-state index in [2.05, 4.69) is 66.0 Å². The molecule has 0 saturated carbocycles. The third kappa shape index (κ3) is 5.73. The summed E-state index contributed by atoms with van der Waals surface area (Å²) >= 11 is 0. The molecule has 1 rings (SSSR count). The number of nitrogens with one attached hydrogen (secondary N) is 1. The van der Waals surface area contributed by atoms with Gasteiger partial charge in [0.2, 0.25) is 0 Å². The quantitative estimate of drug-likeness (QED) is 0.459. The van der Waals surface area contributed by atoms with Crippen LogP contribution in [0.1, 0.15) is 32.4 Å². The summed E-state index contributed by atoms with van der Waals surface area (Å²) < 4.78 is 2.14. The Kier molecular flexibility index (Phi) is 9.71. The fourth-order valence-corrected chi connectivity index (χ4v) is 2.18. The maximum Gasteiger partial charge on any atom is 0.193 e. The molecule has 20 heavy (non-hydrogen) atoms. The summed E-state index contributed by atoms with van der Waals surface area (Å²) in [4.78, 5) is 6.53. The molecule has 116 valence electrons. The van der Waals surface area contributed by atoms with Crippen molar-refractivity contribution in [3.63, 3.8) is 0 Å². The average molecular weight is 392 g/mol. The fourth-order valence-electron chi connectivity index (χ4n) is 2.18. The first-order valence-corrected chi connectivity index (χ1v) is 7.14. The Bertz CT molecular complexity index is 396. The van der Waals surface area contributed by atoms with E-state index >= 15 is 0 Å². The minimum Gasteiger partial charge on any atom is -0.356 e. The molecule has 4 nitrogen and oxygen atoms in total. The SMILES string of the molecule is CCC(CC)CNC(=NC)N(C)Cc1cccn1C.I. The Morgan fingerprint density at radius 1 is 1.40 bits per heavy atom. The number of guanidine groups is 1. The van der Waals surface area contributed by atoms with Gasteiger partial charge >= 0.3 is 0 Å². The third-order valence-electron chi connectivity index (χ3n) is 3.73. The van der Waals surface area contributed by atoms with Gasteiger partial charge in [-0.15, -0.1) is 24.0 Å². The Balaban J connectivity index is 0.00000361. The molecular weight excluding hydrogens is 363 g/mol. The monoisotopic (exact) mass is 392 g/mol. The summed E-state index contributed by atoms with van der Waals surface area (Å²) in [5, 5.41) is 3.47. The molecule has 0 unspecified atom stereocenters. The number of aliphatic imine (C=N–C) groups is 1. The lowest BCUT2D eigenvalue weighted by atomic mass is 10.0. The molecule has 0 aliphatic rings. The van der Waals surface area contributed by atoms with Crippen molar-refractivity contribution >= 4 is 29.9 Å². The van der Waals surface area contributed by atoms with Crippen molar-refractivity contribution in [1.82, 2.24) is 14.8 Å². The number of nitrogens with zero attached hydrogens (tertiary/aromatic N) is 3. The van der Waals surface area contributed by atoms with Gasteiger partial charge in [0.1, 0.15) is 0 Å². The molecule has 1 N–H and O–H groups in total. The third-order valence-corrected chi connectivity index (χ3v) is 3.73. The van der Waals surface area contributed by atoms with Crippen molar-refractivity contribution in [3.8, 4) is 0 Å². The number of aromatic nitrogens is 1. The minimum absolute atomic E-state index is 0. The van der Waals surface area contributed by atoms with Gasteiger partial charge in [-0.3, -0.25) is 4.99 Å². The molecule has 5 heteroatoms. The Labute approximate surface area is 140 Å². The van der Waals surface area contributed by atoms with Crippen LogP contribution in [0.5, 0.6) is 0 Å². The van der Waals surface area contributed by atoms with Crippen LogP contribution in [0, 0.1) is 5.92 Å². The van der Waals surface area contributed by atoms with Crippen LogP contribution < -0.4 is 5.32 Å². The van der Waals surface area contributed by atoms with E-state index < -0.39 is 0 Å². The standard InChI is InChI=1S/C15H28N4.HI/c1-6-13(7-2)11-17-15(16-3)19(5)12-14-9-8-10-18(14)4;/h8-10,13H,6-7,11-12H2,1-5H3,(H,16,17);1H. The van der Waals surface area contributed by atoms with Gasteiger partial charge in [0, 0.05) is 39.6 Å². The van der Waals surface area contributed by atoms with Crippen LogP contribution >= 0.6 is 24.0 Å². The lowest BCUT2D eigenvalue weighted by molar-refractivity contribution is 0.433. The first-order chi connectivity index (χ1) is 9.12. The van der Waals surface area contributed by atoms with Crippen LogP contribution in [0.25, 0.3) is 0 Å². The summed E-state index contributed by atoms with van der Waals surface area (Å²) in [5.41, 5.74) is 1.29. The summed E-state index contributed by atoms with van der Waals surface area (Å²) in [7, 11) is 6.00. The number of hydrogen-bond donors (Lipinski definition) is 1. The molecular formula is C15H29IN4. The number of rotatable bonds is 6. The van der Waals surface area contributed by atoms with Crippen LogP contribution in [-0.4, -0.2) is 36.1 Å². The van der Waals surface area contributed by atoms with Gasteiger partial charge in [0.15, 0.2) is 5.96 Å². The summed E-state index contributed by atoms with van der Waals surface area (Å²) in [6.45, 7) is 6.35. The smallest absolute Gasteiger partial charge is 0.193 e. The van der Waals surface area contributed by atoms with Crippen molar-refractivity contribution in [2.24, 2.45) is 18.0 Å². The van der Waals surface area contributed by atoms with E-state index in [1.54, 1.807) is 0 Å². The molecule has 0 atom stereocenters. The van der Waals surface area contributed by atoms with Crippen molar-refractivity contribution < 1.29 is 0 Å². The van der Waals surface area contributed by atoms with Gasteiger partial charge in [0.05, 0.1) is 6.54 Å². The van der Waals surface area contributed by atoms with E-state index in [-0.39, 0.29) is 24.0 Å². The Hall–Kier alpha value is -0.720. The van der Waals surface area contributed by atoms with Gasteiger partial charge < -0.3 is 14.8 Å². The molecule has 1 heterocycles. The molecule has 1 aromatic rings. The van der Waals surface area contributed by atoms with Crippen LogP contribution in [0.4, 0.5) is 0 Å². The summed E-state index contributed by atoms with van der Waals surface area (Å²) in [5.74, 6) is 1.69. The molecule has 0 aliphatic carbocycles. The summed E-state index contributed by atoms with van der Waals surface area (Å²) in [6, 6.07) is 4.22. The van der Waals surface area contributed by atoms with Crippen LogP contribution in [-0.2, 0) is 13.6 Å². The predicted octanol–water partition coefficient (Wildman–Crippen LogP) is 3.09. The first kappa shape index (κ1) is 19.3. The van der Waals surface area contributed by atoms with Crippen molar-refractivity contribution in [1.29, 1.82) is 0 Å². The lowest BCUT2D eigenvalue weighted by Gasteiger charge is -2.24. The molecule has 0 saturated heterocycles. The topological polar surface area (TPSA) is 32.6 Å². The normalized spacial score (nSPS) is 11.4. The predicted molar refractivity (Wildman–Crippen MR) is 97.7 cm³/mol. The fraction of sp³-hybridized carbons (Fsp3) is 0.667. The largest absolute Gasteiger partial charge is 0.356 e. The minimum atomic E-state index is 0. The number of aryl methyl sites for hydroxylation is 1. The van der Waals surface area contributed by atoms with Crippen LogP contribution in [0.2, 0.25) is 0 Å². The molecule has 1 aromatic heterocycles. The lowest BCUT2D eigenvalue weighted by Crippen LogP contribution is -2.40. The highest BCUT2D eigenvalue weighted by Gasteiger charge is 2.10. The zero-order valence-corrected chi connectivity index (χ0v) is 15.7. The maximum atomic E-state index is 4.36. The molecule has 0 radical (unpaired) electrons. The highest BCUT2D eigenvalue weighted by Crippen LogP contribution is 2.07. The first-order valence-electron chi connectivity index (χ1n) is 7.14. The number of halogens is 1. The zero-order chi connectivity index (χ0) is 14.3. The van der Waals surface area contributed by atoms with Gasteiger partial charge in [0.25, 0.3) is 0 Å². The molecule has 0 spiro atoms. The van der Waals surface area contributed by atoms with Crippen molar-refractivity contribution in [3.05, 3.63) is 24.0 Å². The second kappa shape index (κ2) is 10.1. The van der Waals surface area contributed by atoms with Crippen LogP contribution in [0.15, 0.2) is 23.3 Å². The highest BCUT2D eigenvalue weighted by molar-refractivity contribution is 14.0. The van der Waals surface area contributed by atoms with E-state index in [0.29, 0.717) is 0 Å². The maximum absolute atomic E-state index is 4.36. The second-order valence-corrected chi connectivity index (χ2v) is 5.08. The molecule has 0 amide bonds. The zero-order valence-electron chi connectivity index (χ0n) is 13.4. The van der Waals surface area contributed by atoms with E-state index in [4.69, 9.17) is 0 Å². The van der Waals surface area contributed by atoms with Gasteiger partial charge in [-0.05, 0) is 18.1 Å². The van der Waals surface area contributed by atoms with E-state index in [0.717, 1.165) is 25.0 Å². The highest BCUT2D eigenvalue weighted by atomic mass is 127. The van der Waals surface area contributed by atoms with E-state index in [1.165, 1.54) is 18.5 Å². The molecule has 0 aromatic carbocycles. The van der Waals surface area contributed by atoms with Crippen molar-refractivity contribution in [2.75, 3.05) is 20.6 Å². The van der Waals surface area contributed by atoms with E-state index in [1.807, 2.05) is 7.05 Å².